The zero-order valence-corrected chi connectivity index (χ0v) is 14.6. The van der Waals surface area contributed by atoms with Crippen LogP contribution in [-0.4, -0.2) is 27.1 Å². The number of nitrogens with zero attached hydrogens (tertiary/aromatic N) is 3. The summed E-state index contributed by atoms with van der Waals surface area (Å²) in [6.45, 7) is 3.02. The van der Waals surface area contributed by atoms with E-state index in [1.54, 1.807) is 13.1 Å². The van der Waals surface area contributed by atoms with Crippen molar-refractivity contribution in [2.75, 3.05) is 6.54 Å². The summed E-state index contributed by atoms with van der Waals surface area (Å²) in [5, 5.41) is 4.96. The van der Waals surface area contributed by atoms with Gasteiger partial charge in [-0.15, -0.1) is 0 Å². The van der Waals surface area contributed by atoms with Gasteiger partial charge in [-0.25, -0.2) is 4.68 Å². The predicted molar refractivity (Wildman–Crippen MR) is 92.9 cm³/mol. The van der Waals surface area contributed by atoms with Gasteiger partial charge in [0.05, 0.1) is 5.69 Å². The van der Waals surface area contributed by atoms with Crippen LogP contribution in [0.5, 0.6) is 0 Å². The fourth-order valence-electron chi connectivity index (χ4n) is 3.10. The molecule has 1 aliphatic heterocycles. The standard InChI is InChI=1S/C18H20ClN3O2/c1-12(8-13-4-3-5-15(19)9-13)18(24)22-7-6-16-14(11-22)10-17(23)21(2)20-16/h3-5,9-10,12H,6-8,11H2,1-2H3. The zero-order valence-electron chi connectivity index (χ0n) is 13.8. The van der Waals surface area contributed by atoms with E-state index in [2.05, 4.69) is 5.10 Å². The van der Waals surface area contributed by atoms with E-state index < -0.39 is 0 Å². The van der Waals surface area contributed by atoms with Crippen molar-refractivity contribution in [3.8, 4) is 0 Å². The van der Waals surface area contributed by atoms with E-state index in [1.165, 1.54) is 4.68 Å². The number of hydrogen-bond donors (Lipinski definition) is 0. The minimum Gasteiger partial charge on any atom is -0.338 e. The SMILES string of the molecule is CC(Cc1cccc(Cl)c1)C(=O)N1CCc2nn(C)c(=O)cc2C1. The minimum absolute atomic E-state index is 0.0984. The van der Waals surface area contributed by atoms with Crippen molar-refractivity contribution in [3.05, 3.63) is 62.5 Å². The smallest absolute Gasteiger partial charge is 0.266 e. The number of rotatable bonds is 3. The first-order valence-corrected chi connectivity index (χ1v) is 8.41. The Balaban J connectivity index is 1.71. The summed E-state index contributed by atoms with van der Waals surface area (Å²) in [7, 11) is 1.65. The highest BCUT2D eigenvalue weighted by Crippen LogP contribution is 2.20. The lowest BCUT2D eigenvalue weighted by Crippen LogP contribution is -2.41. The summed E-state index contributed by atoms with van der Waals surface area (Å²) >= 11 is 6.01. The highest BCUT2D eigenvalue weighted by Gasteiger charge is 2.26. The first-order valence-electron chi connectivity index (χ1n) is 8.03. The Morgan fingerprint density at radius 3 is 2.92 bits per heavy atom. The minimum atomic E-state index is -0.143. The maximum absolute atomic E-state index is 12.7. The molecule has 1 amide bonds. The van der Waals surface area contributed by atoms with E-state index in [0.29, 0.717) is 31.0 Å². The van der Waals surface area contributed by atoms with E-state index in [4.69, 9.17) is 11.6 Å². The van der Waals surface area contributed by atoms with Crippen LogP contribution >= 0.6 is 11.6 Å². The first-order chi connectivity index (χ1) is 11.4. The van der Waals surface area contributed by atoms with E-state index in [-0.39, 0.29) is 17.4 Å². The summed E-state index contributed by atoms with van der Waals surface area (Å²) in [4.78, 5) is 26.3. The third-order valence-electron chi connectivity index (χ3n) is 4.40. The topological polar surface area (TPSA) is 55.2 Å². The van der Waals surface area contributed by atoms with Gasteiger partial charge in [-0.1, -0.05) is 30.7 Å². The Hall–Kier alpha value is -2.14. The second-order valence-electron chi connectivity index (χ2n) is 6.32. The number of aromatic nitrogens is 2. The van der Waals surface area contributed by atoms with Gasteiger partial charge in [-0.05, 0) is 24.1 Å². The van der Waals surface area contributed by atoms with Crippen LogP contribution in [0.4, 0.5) is 0 Å². The molecule has 1 atom stereocenters. The van der Waals surface area contributed by atoms with Gasteiger partial charge in [-0.2, -0.15) is 5.10 Å². The third-order valence-corrected chi connectivity index (χ3v) is 4.64. The Labute approximate surface area is 145 Å². The molecule has 1 unspecified atom stereocenters. The Bertz CT molecular complexity index is 831. The largest absolute Gasteiger partial charge is 0.338 e. The van der Waals surface area contributed by atoms with Crippen LogP contribution in [0.25, 0.3) is 0 Å². The average molecular weight is 346 g/mol. The quantitative estimate of drug-likeness (QED) is 0.857. The van der Waals surface area contributed by atoms with Gasteiger partial charge in [0.15, 0.2) is 0 Å². The number of halogens is 1. The third kappa shape index (κ3) is 3.51. The van der Waals surface area contributed by atoms with Crippen molar-refractivity contribution in [3.63, 3.8) is 0 Å². The molecule has 1 aliphatic rings. The molecule has 0 saturated heterocycles. The maximum atomic E-state index is 12.7. The lowest BCUT2D eigenvalue weighted by atomic mass is 9.98. The van der Waals surface area contributed by atoms with Gasteiger partial charge in [0.25, 0.3) is 5.56 Å². The van der Waals surface area contributed by atoms with Crippen molar-refractivity contribution in [1.82, 2.24) is 14.7 Å². The molecule has 0 N–H and O–H groups in total. The second kappa shape index (κ2) is 6.77. The summed E-state index contributed by atoms with van der Waals surface area (Å²) in [6, 6.07) is 9.18. The molecule has 0 aliphatic carbocycles. The van der Waals surface area contributed by atoms with Gasteiger partial charge in [0.1, 0.15) is 0 Å². The van der Waals surface area contributed by atoms with Crippen LogP contribution in [0.2, 0.25) is 5.02 Å². The van der Waals surface area contributed by atoms with E-state index in [9.17, 15) is 9.59 Å². The molecule has 0 saturated carbocycles. The maximum Gasteiger partial charge on any atom is 0.266 e. The van der Waals surface area contributed by atoms with Crippen LogP contribution < -0.4 is 5.56 Å². The van der Waals surface area contributed by atoms with Gasteiger partial charge < -0.3 is 4.90 Å². The fraction of sp³-hybridized carbons (Fsp3) is 0.389. The van der Waals surface area contributed by atoms with Crippen molar-refractivity contribution in [2.24, 2.45) is 13.0 Å². The van der Waals surface area contributed by atoms with Crippen molar-refractivity contribution in [2.45, 2.75) is 26.3 Å². The van der Waals surface area contributed by atoms with Crippen molar-refractivity contribution in [1.29, 1.82) is 0 Å². The Morgan fingerprint density at radius 1 is 1.38 bits per heavy atom. The van der Waals surface area contributed by atoms with Crippen LogP contribution in [0, 0.1) is 5.92 Å². The molecule has 6 heteroatoms. The molecule has 2 aromatic rings. The van der Waals surface area contributed by atoms with Gasteiger partial charge in [0, 0.05) is 49.1 Å². The van der Waals surface area contributed by atoms with Gasteiger partial charge in [0.2, 0.25) is 5.91 Å². The molecule has 2 heterocycles. The number of hydrogen-bond acceptors (Lipinski definition) is 3. The molecular formula is C18H20ClN3O2. The number of amides is 1. The van der Waals surface area contributed by atoms with Crippen LogP contribution in [0.3, 0.4) is 0 Å². The summed E-state index contributed by atoms with van der Waals surface area (Å²) in [5.74, 6) is -0.0363. The highest BCUT2D eigenvalue weighted by atomic mass is 35.5. The molecule has 0 radical (unpaired) electrons. The fourth-order valence-corrected chi connectivity index (χ4v) is 3.31. The lowest BCUT2D eigenvalue weighted by molar-refractivity contribution is -0.135. The van der Waals surface area contributed by atoms with Crippen LogP contribution in [-0.2, 0) is 31.2 Å². The second-order valence-corrected chi connectivity index (χ2v) is 6.76. The van der Waals surface area contributed by atoms with Crippen LogP contribution in [0.15, 0.2) is 35.1 Å². The number of benzene rings is 1. The molecule has 3 rings (SSSR count). The summed E-state index contributed by atoms with van der Waals surface area (Å²) < 4.78 is 1.35. The molecule has 5 nitrogen and oxygen atoms in total. The molecule has 0 fully saturated rings. The molecule has 0 spiro atoms. The van der Waals surface area contributed by atoms with Crippen molar-refractivity contribution >= 4 is 17.5 Å². The number of aryl methyl sites for hydroxylation is 1. The van der Waals surface area contributed by atoms with Gasteiger partial charge in [-0.3, -0.25) is 9.59 Å². The molecular weight excluding hydrogens is 326 g/mol. The zero-order chi connectivity index (χ0) is 17.3. The molecule has 24 heavy (non-hydrogen) atoms. The number of carbonyl (C=O) groups excluding carboxylic acids is 1. The molecule has 0 bridgehead atoms. The first kappa shape index (κ1) is 16.7. The van der Waals surface area contributed by atoms with Crippen molar-refractivity contribution < 1.29 is 4.79 Å². The monoisotopic (exact) mass is 345 g/mol. The normalized spacial score (nSPS) is 15.0. The molecule has 126 valence electrons. The Morgan fingerprint density at radius 2 is 2.17 bits per heavy atom. The number of fused-ring (bicyclic) bond motifs is 1. The van der Waals surface area contributed by atoms with E-state index >= 15 is 0 Å². The van der Waals surface area contributed by atoms with E-state index in [1.807, 2.05) is 36.1 Å². The molecule has 1 aromatic heterocycles. The lowest BCUT2D eigenvalue weighted by Gasteiger charge is -2.30. The number of carbonyl (C=O) groups is 1. The van der Waals surface area contributed by atoms with Crippen LogP contribution in [0.1, 0.15) is 23.7 Å². The highest BCUT2D eigenvalue weighted by molar-refractivity contribution is 6.30. The average Bonchev–Trinajstić information content (AvgIpc) is 2.55. The predicted octanol–water partition coefficient (Wildman–Crippen LogP) is 2.20. The van der Waals surface area contributed by atoms with Gasteiger partial charge >= 0.3 is 0 Å². The molecule has 1 aromatic carbocycles. The van der Waals surface area contributed by atoms with E-state index in [0.717, 1.165) is 16.8 Å². The summed E-state index contributed by atoms with van der Waals surface area (Å²) in [6.07, 6.45) is 1.33. The Kier molecular flexibility index (Phi) is 4.71. The summed E-state index contributed by atoms with van der Waals surface area (Å²) in [5.41, 5.74) is 2.67.